The monoisotopic (exact) mass is 302 g/mol. The topological polar surface area (TPSA) is 17.1 Å². The summed E-state index contributed by atoms with van der Waals surface area (Å²) in [4.78, 5) is 12.3. The Bertz CT molecular complexity index is 465. The molecule has 1 aromatic carbocycles. The van der Waals surface area contributed by atoms with Crippen LogP contribution < -0.4 is 0 Å². The summed E-state index contributed by atoms with van der Waals surface area (Å²) in [6.07, 6.45) is 0.915. The zero-order valence-corrected chi connectivity index (χ0v) is 12.3. The molecule has 0 aromatic heterocycles. The summed E-state index contributed by atoms with van der Waals surface area (Å²) < 4.78 is 26.6. The van der Waals surface area contributed by atoms with Gasteiger partial charge in [0.05, 0.1) is 5.25 Å². The number of halogens is 2. The van der Waals surface area contributed by atoms with E-state index in [4.69, 9.17) is 0 Å². The lowest BCUT2D eigenvalue weighted by Gasteiger charge is -2.28. The van der Waals surface area contributed by atoms with Crippen molar-refractivity contribution < 1.29 is 13.6 Å². The molecule has 1 saturated heterocycles. The lowest BCUT2D eigenvalue weighted by molar-refractivity contribution is -0.118. The summed E-state index contributed by atoms with van der Waals surface area (Å²) >= 11 is 3.45. The third kappa shape index (κ3) is 3.72. The van der Waals surface area contributed by atoms with Crippen molar-refractivity contribution >= 4 is 29.3 Å². The Morgan fingerprint density at radius 2 is 2.05 bits per heavy atom. The zero-order chi connectivity index (χ0) is 13.8. The Labute approximate surface area is 120 Å². The first-order valence-electron chi connectivity index (χ1n) is 6.31. The van der Waals surface area contributed by atoms with E-state index in [9.17, 15) is 13.6 Å². The first kappa shape index (κ1) is 14.9. The summed E-state index contributed by atoms with van der Waals surface area (Å²) in [5.74, 6) is 1.01. The van der Waals surface area contributed by atoms with Crippen molar-refractivity contribution in [3.8, 4) is 0 Å². The average Bonchev–Trinajstić information content (AvgIpc) is 2.42. The first-order chi connectivity index (χ1) is 9.11. The van der Waals surface area contributed by atoms with Gasteiger partial charge in [-0.1, -0.05) is 6.92 Å². The van der Waals surface area contributed by atoms with E-state index >= 15 is 0 Å². The van der Waals surface area contributed by atoms with E-state index in [1.807, 2.05) is 11.8 Å². The molecule has 0 spiro atoms. The number of thioether (sulfide) groups is 2. The lowest BCUT2D eigenvalue weighted by atomic mass is 10.0. The predicted octanol–water partition coefficient (Wildman–Crippen LogP) is 3.70. The van der Waals surface area contributed by atoms with Gasteiger partial charge in [0.15, 0.2) is 5.78 Å². The number of hydrogen-bond donors (Lipinski definition) is 0. The van der Waals surface area contributed by atoms with Crippen LogP contribution in [0.3, 0.4) is 0 Å². The molecule has 5 heteroatoms. The molecule has 1 aliphatic heterocycles. The van der Waals surface area contributed by atoms with Gasteiger partial charge in [0.1, 0.15) is 11.6 Å². The van der Waals surface area contributed by atoms with Crippen LogP contribution in [0.25, 0.3) is 0 Å². The van der Waals surface area contributed by atoms with E-state index < -0.39 is 11.6 Å². The number of rotatable bonds is 4. The van der Waals surface area contributed by atoms with Gasteiger partial charge in [0.2, 0.25) is 0 Å². The normalized spacial score (nSPS) is 23.3. The Balaban J connectivity index is 2.09. The maximum atomic E-state index is 13.5. The van der Waals surface area contributed by atoms with Crippen LogP contribution in [0.1, 0.15) is 18.9 Å². The highest BCUT2D eigenvalue weighted by atomic mass is 32.2. The molecule has 2 rings (SSSR count). The summed E-state index contributed by atoms with van der Waals surface area (Å²) in [6.45, 7) is 2.06. The maximum absolute atomic E-state index is 13.5. The van der Waals surface area contributed by atoms with Gasteiger partial charge in [-0.15, -0.1) is 11.8 Å². The molecule has 1 aliphatic rings. The highest BCUT2D eigenvalue weighted by Gasteiger charge is 2.31. The SMILES string of the molecule is CCC1SCCSC1C(=O)Cc1cc(F)ccc1F. The molecule has 1 heterocycles. The van der Waals surface area contributed by atoms with Gasteiger partial charge in [0.25, 0.3) is 0 Å². The molecule has 0 N–H and O–H groups in total. The fourth-order valence-electron chi connectivity index (χ4n) is 2.17. The molecular weight excluding hydrogens is 286 g/mol. The molecule has 2 unspecified atom stereocenters. The minimum atomic E-state index is -0.503. The van der Waals surface area contributed by atoms with Crippen molar-refractivity contribution in [2.75, 3.05) is 11.5 Å². The van der Waals surface area contributed by atoms with Crippen LogP contribution >= 0.6 is 23.5 Å². The Morgan fingerprint density at radius 1 is 1.32 bits per heavy atom. The van der Waals surface area contributed by atoms with Crippen molar-refractivity contribution in [3.63, 3.8) is 0 Å². The first-order valence-corrected chi connectivity index (χ1v) is 8.41. The molecule has 1 aromatic rings. The van der Waals surface area contributed by atoms with E-state index in [-0.39, 0.29) is 23.0 Å². The van der Waals surface area contributed by atoms with Gasteiger partial charge >= 0.3 is 0 Å². The van der Waals surface area contributed by atoms with Crippen molar-refractivity contribution in [2.24, 2.45) is 0 Å². The number of carbonyl (C=O) groups excluding carboxylic acids is 1. The largest absolute Gasteiger partial charge is 0.298 e. The zero-order valence-electron chi connectivity index (χ0n) is 10.7. The van der Waals surface area contributed by atoms with Gasteiger partial charge in [-0.3, -0.25) is 4.79 Å². The van der Waals surface area contributed by atoms with Crippen LogP contribution in [-0.4, -0.2) is 27.8 Å². The van der Waals surface area contributed by atoms with E-state index in [0.717, 1.165) is 36.1 Å². The Morgan fingerprint density at radius 3 is 2.79 bits per heavy atom. The second kappa shape index (κ2) is 6.75. The van der Waals surface area contributed by atoms with Gasteiger partial charge < -0.3 is 0 Å². The third-order valence-corrected chi connectivity index (χ3v) is 6.44. The molecule has 104 valence electrons. The van der Waals surface area contributed by atoms with Crippen molar-refractivity contribution in [2.45, 2.75) is 30.3 Å². The summed E-state index contributed by atoms with van der Waals surface area (Å²) in [6, 6.07) is 3.27. The summed E-state index contributed by atoms with van der Waals surface area (Å²) in [5.41, 5.74) is 0.163. The van der Waals surface area contributed by atoms with Crippen LogP contribution in [0.4, 0.5) is 8.78 Å². The third-order valence-electron chi connectivity index (χ3n) is 3.14. The Hall–Kier alpha value is -0.550. The predicted molar refractivity (Wildman–Crippen MR) is 77.9 cm³/mol. The standard InChI is InChI=1S/C14H16F2OS2/c1-2-13-14(19-6-5-18-13)12(17)8-9-7-10(15)3-4-11(9)16/h3-4,7,13-14H,2,5-6,8H2,1H3. The lowest BCUT2D eigenvalue weighted by Crippen LogP contribution is -2.33. The molecule has 1 nitrogen and oxygen atoms in total. The van der Waals surface area contributed by atoms with Crippen LogP contribution in [0.2, 0.25) is 0 Å². The van der Waals surface area contributed by atoms with Crippen molar-refractivity contribution in [3.05, 3.63) is 35.4 Å². The van der Waals surface area contributed by atoms with Crippen LogP contribution in [0.5, 0.6) is 0 Å². The van der Waals surface area contributed by atoms with Crippen molar-refractivity contribution in [1.29, 1.82) is 0 Å². The molecule has 0 bridgehead atoms. The van der Waals surface area contributed by atoms with Crippen molar-refractivity contribution in [1.82, 2.24) is 0 Å². The molecule has 0 aliphatic carbocycles. The molecule has 0 amide bonds. The highest BCUT2D eigenvalue weighted by Crippen LogP contribution is 2.34. The quantitative estimate of drug-likeness (QED) is 0.844. The number of Topliss-reactive ketones (excluding diaryl/α,β-unsaturated/α-hetero) is 1. The average molecular weight is 302 g/mol. The van der Waals surface area contributed by atoms with E-state index in [0.29, 0.717) is 5.25 Å². The van der Waals surface area contributed by atoms with Crippen LogP contribution in [0, 0.1) is 11.6 Å². The van der Waals surface area contributed by atoms with Gasteiger partial charge in [0, 0.05) is 23.2 Å². The molecular formula is C14H16F2OS2. The Kier molecular flexibility index (Phi) is 5.28. The van der Waals surface area contributed by atoms with Crippen LogP contribution in [0.15, 0.2) is 18.2 Å². The fourth-order valence-corrected chi connectivity index (χ4v) is 5.21. The minimum absolute atomic E-state index is 0.00792. The number of ketones is 1. The molecule has 19 heavy (non-hydrogen) atoms. The second-order valence-corrected chi connectivity index (χ2v) is 7.08. The van der Waals surface area contributed by atoms with Crippen LogP contribution in [-0.2, 0) is 11.2 Å². The molecule has 0 radical (unpaired) electrons. The highest BCUT2D eigenvalue weighted by molar-refractivity contribution is 8.07. The summed E-state index contributed by atoms with van der Waals surface area (Å²) in [5, 5.41) is 0.203. The smallest absolute Gasteiger partial charge is 0.151 e. The van der Waals surface area contributed by atoms with Gasteiger partial charge in [-0.05, 0) is 30.2 Å². The second-order valence-electron chi connectivity index (χ2n) is 4.49. The molecule has 1 fully saturated rings. The minimum Gasteiger partial charge on any atom is -0.298 e. The number of benzene rings is 1. The fraction of sp³-hybridized carbons (Fsp3) is 0.500. The molecule has 2 atom stereocenters. The summed E-state index contributed by atoms with van der Waals surface area (Å²) in [7, 11) is 0. The maximum Gasteiger partial charge on any atom is 0.151 e. The number of hydrogen-bond acceptors (Lipinski definition) is 3. The number of carbonyl (C=O) groups is 1. The van der Waals surface area contributed by atoms with E-state index in [2.05, 4.69) is 6.92 Å². The van der Waals surface area contributed by atoms with Gasteiger partial charge in [-0.2, -0.15) is 11.8 Å². The van der Waals surface area contributed by atoms with E-state index in [1.165, 1.54) is 0 Å². The van der Waals surface area contributed by atoms with E-state index in [1.54, 1.807) is 11.8 Å². The molecule has 0 saturated carbocycles. The van der Waals surface area contributed by atoms with Gasteiger partial charge in [-0.25, -0.2) is 8.78 Å².